The van der Waals surface area contributed by atoms with Gasteiger partial charge in [0.2, 0.25) is 5.91 Å². The van der Waals surface area contributed by atoms with Gasteiger partial charge in [-0.2, -0.15) is 0 Å². The summed E-state index contributed by atoms with van der Waals surface area (Å²) in [6, 6.07) is 1.53. The number of hydrogen-bond acceptors (Lipinski definition) is 4. The highest BCUT2D eigenvalue weighted by Gasteiger charge is 2.10. The van der Waals surface area contributed by atoms with E-state index >= 15 is 0 Å². The highest BCUT2D eigenvalue weighted by Crippen LogP contribution is 2.07. The number of rotatable bonds is 4. The Morgan fingerprint density at radius 1 is 1.44 bits per heavy atom. The highest BCUT2D eigenvalue weighted by molar-refractivity contribution is 6.00. The monoisotopic (exact) mass is 222 g/mol. The van der Waals surface area contributed by atoms with Crippen LogP contribution in [-0.2, 0) is 4.79 Å². The first-order chi connectivity index (χ1) is 7.65. The van der Waals surface area contributed by atoms with Crippen molar-refractivity contribution in [1.82, 2.24) is 15.6 Å². The Balaban J connectivity index is 2.54. The molecule has 0 radical (unpaired) electrons. The molecule has 0 aliphatic rings. The average Bonchev–Trinajstić information content (AvgIpc) is 2.27. The van der Waals surface area contributed by atoms with Crippen LogP contribution in [0.3, 0.4) is 0 Å². The largest absolute Gasteiger partial charge is 0.398 e. The summed E-state index contributed by atoms with van der Waals surface area (Å²) in [7, 11) is 0. The van der Waals surface area contributed by atoms with Crippen LogP contribution < -0.4 is 16.4 Å². The van der Waals surface area contributed by atoms with E-state index < -0.39 is 5.91 Å². The zero-order chi connectivity index (χ0) is 12.0. The molecule has 0 spiro atoms. The second-order valence-corrected chi connectivity index (χ2v) is 3.10. The first-order valence-corrected chi connectivity index (χ1v) is 4.89. The number of hydrogen-bond donors (Lipinski definition) is 3. The maximum atomic E-state index is 11.6. The van der Waals surface area contributed by atoms with Crippen LogP contribution in [0.1, 0.15) is 17.3 Å². The topological polar surface area (TPSA) is 97.1 Å². The SMILES string of the molecule is CCNC(=O)CNC(=O)c1cnccc1N. The molecule has 16 heavy (non-hydrogen) atoms. The van der Waals surface area contributed by atoms with Gasteiger partial charge in [-0.15, -0.1) is 0 Å². The number of amides is 2. The molecule has 86 valence electrons. The summed E-state index contributed by atoms with van der Waals surface area (Å²) >= 11 is 0. The van der Waals surface area contributed by atoms with E-state index in [1.165, 1.54) is 18.5 Å². The summed E-state index contributed by atoms with van der Waals surface area (Å²) in [5.41, 5.74) is 6.19. The molecule has 0 bridgehead atoms. The van der Waals surface area contributed by atoms with E-state index in [-0.39, 0.29) is 18.0 Å². The standard InChI is InChI=1S/C10H14N4O2/c1-2-13-9(15)6-14-10(16)7-5-12-4-3-8(7)11/h3-5H,2,6H2,1H3,(H2,11,12)(H,13,15)(H,14,16). The molecule has 2 amide bonds. The minimum Gasteiger partial charge on any atom is -0.398 e. The van der Waals surface area contributed by atoms with Crippen LogP contribution in [0.5, 0.6) is 0 Å². The number of likely N-dealkylation sites (N-methyl/N-ethyl adjacent to an activating group) is 1. The van der Waals surface area contributed by atoms with Crippen molar-refractivity contribution in [2.75, 3.05) is 18.8 Å². The van der Waals surface area contributed by atoms with Crippen molar-refractivity contribution >= 4 is 17.5 Å². The first-order valence-electron chi connectivity index (χ1n) is 4.89. The Morgan fingerprint density at radius 2 is 2.19 bits per heavy atom. The molecule has 0 aliphatic carbocycles. The first kappa shape index (κ1) is 12.0. The lowest BCUT2D eigenvalue weighted by Gasteiger charge is -2.06. The van der Waals surface area contributed by atoms with Crippen LogP contribution in [0, 0.1) is 0 Å². The van der Waals surface area contributed by atoms with Crippen molar-refractivity contribution in [3.05, 3.63) is 24.0 Å². The number of carbonyl (C=O) groups is 2. The van der Waals surface area contributed by atoms with E-state index in [1.54, 1.807) is 6.92 Å². The van der Waals surface area contributed by atoms with Crippen molar-refractivity contribution in [3.8, 4) is 0 Å². The van der Waals surface area contributed by atoms with Gasteiger partial charge in [0.1, 0.15) is 0 Å². The van der Waals surface area contributed by atoms with Gasteiger partial charge in [-0.25, -0.2) is 0 Å². The normalized spacial score (nSPS) is 9.56. The smallest absolute Gasteiger partial charge is 0.255 e. The number of carbonyl (C=O) groups excluding carboxylic acids is 2. The van der Waals surface area contributed by atoms with Gasteiger partial charge in [0.25, 0.3) is 5.91 Å². The average molecular weight is 222 g/mol. The number of nitrogens with one attached hydrogen (secondary N) is 2. The molecule has 6 nitrogen and oxygen atoms in total. The lowest BCUT2D eigenvalue weighted by atomic mass is 10.2. The molecule has 0 unspecified atom stereocenters. The summed E-state index contributed by atoms with van der Waals surface area (Å²) in [6.45, 7) is 2.27. The molecule has 0 aromatic carbocycles. The molecular weight excluding hydrogens is 208 g/mol. The fraction of sp³-hybridized carbons (Fsp3) is 0.300. The van der Waals surface area contributed by atoms with E-state index in [2.05, 4.69) is 15.6 Å². The molecule has 0 saturated heterocycles. The minimum atomic E-state index is -0.406. The second-order valence-electron chi connectivity index (χ2n) is 3.10. The molecule has 4 N–H and O–H groups in total. The maximum absolute atomic E-state index is 11.6. The fourth-order valence-electron chi connectivity index (χ4n) is 1.11. The number of nitrogens with two attached hydrogens (primary N) is 1. The van der Waals surface area contributed by atoms with Crippen LogP contribution >= 0.6 is 0 Å². The number of aromatic nitrogens is 1. The van der Waals surface area contributed by atoms with Crippen molar-refractivity contribution in [3.63, 3.8) is 0 Å². The summed E-state index contributed by atoms with van der Waals surface area (Å²) in [6.07, 6.45) is 2.86. The van der Waals surface area contributed by atoms with Gasteiger partial charge in [0.05, 0.1) is 12.1 Å². The number of nitrogen functional groups attached to an aromatic ring is 1. The maximum Gasteiger partial charge on any atom is 0.255 e. The van der Waals surface area contributed by atoms with Crippen molar-refractivity contribution in [2.24, 2.45) is 0 Å². The molecule has 0 atom stereocenters. The summed E-state index contributed by atoms with van der Waals surface area (Å²) < 4.78 is 0. The van der Waals surface area contributed by atoms with E-state index in [9.17, 15) is 9.59 Å². The molecule has 1 aromatic heterocycles. The van der Waals surface area contributed by atoms with Crippen molar-refractivity contribution in [2.45, 2.75) is 6.92 Å². The van der Waals surface area contributed by atoms with E-state index in [1.807, 2.05) is 0 Å². The molecule has 1 heterocycles. The third-order valence-electron chi connectivity index (χ3n) is 1.88. The van der Waals surface area contributed by atoms with Gasteiger partial charge in [-0.3, -0.25) is 14.6 Å². The Bertz CT molecular complexity index is 392. The van der Waals surface area contributed by atoms with E-state index in [0.29, 0.717) is 12.2 Å². The Labute approximate surface area is 93.2 Å². The van der Waals surface area contributed by atoms with Gasteiger partial charge in [0.15, 0.2) is 0 Å². The van der Waals surface area contributed by atoms with Gasteiger partial charge >= 0.3 is 0 Å². The minimum absolute atomic E-state index is 0.0684. The second kappa shape index (κ2) is 5.69. The van der Waals surface area contributed by atoms with Gasteiger partial charge in [-0.1, -0.05) is 0 Å². The van der Waals surface area contributed by atoms with E-state index in [0.717, 1.165) is 0 Å². The Morgan fingerprint density at radius 3 is 2.81 bits per heavy atom. The van der Waals surface area contributed by atoms with Crippen molar-refractivity contribution in [1.29, 1.82) is 0 Å². The molecule has 0 fully saturated rings. The molecule has 1 rings (SSSR count). The lowest BCUT2D eigenvalue weighted by Crippen LogP contribution is -2.37. The molecule has 0 saturated carbocycles. The summed E-state index contributed by atoms with van der Waals surface area (Å²) in [4.78, 5) is 26.4. The Hall–Kier alpha value is -2.11. The number of anilines is 1. The van der Waals surface area contributed by atoms with Crippen LogP contribution in [0.4, 0.5) is 5.69 Å². The molecule has 6 heteroatoms. The zero-order valence-electron chi connectivity index (χ0n) is 8.99. The van der Waals surface area contributed by atoms with Crippen LogP contribution in [0.25, 0.3) is 0 Å². The van der Waals surface area contributed by atoms with E-state index in [4.69, 9.17) is 5.73 Å². The third-order valence-corrected chi connectivity index (χ3v) is 1.88. The zero-order valence-corrected chi connectivity index (χ0v) is 8.99. The summed E-state index contributed by atoms with van der Waals surface area (Å²) in [5, 5.41) is 5.02. The summed E-state index contributed by atoms with van der Waals surface area (Å²) in [5.74, 6) is -0.643. The van der Waals surface area contributed by atoms with Gasteiger partial charge in [-0.05, 0) is 13.0 Å². The van der Waals surface area contributed by atoms with Gasteiger partial charge < -0.3 is 16.4 Å². The highest BCUT2D eigenvalue weighted by atomic mass is 16.2. The lowest BCUT2D eigenvalue weighted by molar-refractivity contribution is -0.120. The van der Waals surface area contributed by atoms with Crippen LogP contribution in [-0.4, -0.2) is 29.9 Å². The van der Waals surface area contributed by atoms with Crippen LogP contribution in [0.2, 0.25) is 0 Å². The number of pyridine rings is 1. The Kier molecular flexibility index (Phi) is 4.26. The predicted octanol–water partition coefficient (Wildman–Crippen LogP) is -0.470. The third kappa shape index (κ3) is 3.23. The molecular formula is C10H14N4O2. The van der Waals surface area contributed by atoms with Gasteiger partial charge in [0, 0.05) is 24.6 Å². The molecule has 0 aliphatic heterocycles. The number of nitrogens with zero attached hydrogens (tertiary/aromatic N) is 1. The predicted molar refractivity (Wildman–Crippen MR) is 59.7 cm³/mol. The fourth-order valence-corrected chi connectivity index (χ4v) is 1.11. The molecule has 1 aromatic rings. The quantitative estimate of drug-likeness (QED) is 0.641. The van der Waals surface area contributed by atoms with Crippen LogP contribution in [0.15, 0.2) is 18.5 Å². The van der Waals surface area contributed by atoms with Crippen molar-refractivity contribution < 1.29 is 9.59 Å².